The predicted octanol–water partition coefficient (Wildman–Crippen LogP) is 4.94. The molecule has 178 valence electrons. The molecule has 0 bridgehead atoms. The van der Waals surface area contributed by atoms with Crippen LogP contribution in [0.3, 0.4) is 0 Å². The molecule has 0 spiro atoms. The van der Waals surface area contributed by atoms with Crippen LogP contribution in [0.5, 0.6) is 0 Å². The van der Waals surface area contributed by atoms with Gasteiger partial charge in [0.1, 0.15) is 0 Å². The first-order chi connectivity index (χ1) is 15.4. The van der Waals surface area contributed by atoms with Gasteiger partial charge in [0.05, 0.1) is 5.69 Å². The van der Waals surface area contributed by atoms with Gasteiger partial charge in [-0.3, -0.25) is 4.99 Å². The third-order valence-electron chi connectivity index (χ3n) is 6.36. The zero-order valence-electron chi connectivity index (χ0n) is 21.0. The molecular formula is C26H43N5S. The minimum atomic E-state index is 0.847. The summed E-state index contributed by atoms with van der Waals surface area (Å²) in [4.78, 5) is 15.3. The number of likely N-dealkylation sites (N-methyl/N-ethyl adjacent to an activating group) is 4. The van der Waals surface area contributed by atoms with E-state index in [4.69, 9.17) is 17.6 Å². The Morgan fingerprint density at radius 3 is 1.91 bits per heavy atom. The van der Waals surface area contributed by atoms with Gasteiger partial charge in [0.2, 0.25) is 0 Å². The molecule has 1 aliphatic rings. The lowest BCUT2D eigenvalue weighted by atomic mass is 10.1. The Hall–Kier alpha value is -1.76. The summed E-state index contributed by atoms with van der Waals surface area (Å²) < 4.78 is 0. The quantitative estimate of drug-likeness (QED) is 0.424. The number of aliphatic imine (C=N–C) groups is 1. The largest absolute Gasteiger partial charge is 0.374 e. The van der Waals surface area contributed by atoms with Crippen molar-refractivity contribution in [3.8, 4) is 0 Å². The molecule has 0 aliphatic heterocycles. The summed E-state index contributed by atoms with van der Waals surface area (Å²) in [5.41, 5.74) is 4.46. The average Bonchev–Trinajstić information content (AvgIpc) is 2.81. The van der Waals surface area contributed by atoms with Crippen molar-refractivity contribution in [2.24, 2.45) is 4.99 Å². The SMILES string of the molecule is CCN(CC)CCN(C)C1=CCC(=Nc2ccc(N(C)CCN(CC)CC)cc2S)C=C1. The Bertz CT molecular complexity index is 793. The van der Waals surface area contributed by atoms with Crippen LogP contribution in [-0.4, -0.2) is 86.9 Å². The van der Waals surface area contributed by atoms with Crippen LogP contribution < -0.4 is 4.90 Å². The highest BCUT2D eigenvalue weighted by Gasteiger charge is 2.10. The molecule has 0 atom stereocenters. The number of hydrogen-bond acceptors (Lipinski definition) is 6. The van der Waals surface area contributed by atoms with Crippen LogP contribution in [0.1, 0.15) is 34.1 Å². The zero-order chi connectivity index (χ0) is 23.5. The van der Waals surface area contributed by atoms with Crippen molar-refractivity contribution < 1.29 is 0 Å². The van der Waals surface area contributed by atoms with Gasteiger partial charge in [-0.05, 0) is 56.5 Å². The van der Waals surface area contributed by atoms with E-state index < -0.39 is 0 Å². The van der Waals surface area contributed by atoms with Gasteiger partial charge in [-0.15, -0.1) is 12.6 Å². The van der Waals surface area contributed by atoms with Crippen molar-refractivity contribution in [2.45, 2.75) is 39.0 Å². The molecule has 0 N–H and O–H groups in total. The standard InChI is InChI=1S/C26H43N5S/c1-7-30(8-2)19-17-28(5)23-13-11-22(12-14-23)27-25-16-15-24(21-26(25)32)29(6)18-20-31(9-3)10-4/h11,13-16,21,32H,7-10,12,17-20H2,1-6H3. The first-order valence-electron chi connectivity index (χ1n) is 12.1. The monoisotopic (exact) mass is 457 g/mol. The summed E-state index contributed by atoms with van der Waals surface area (Å²) in [6, 6.07) is 6.36. The first-order valence-corrected chi connectivity index (χ1v) is 12.5. The summed E-state index contributed by atoms with van der Waals surface area (Å²) in [5.74, 6) is 0. The second kappa shape index (κ2) is 13.7. The smallest absolute Gasteiger partial charge is 0.0767 e. The van der Waals surface area contributed by atoms with Gasteiger partial charge in [0, 0.05) is 68.7 Å². The highest BCUT2D eigenvalue weighted by Crippen LogP contribution is 2.29. The van der Waals surface area contributed by atoms with Crippen LogP contribution in [0.2, 0.25) is 0 Å². The Kier molecular flexibility index (Phi) is 11.4. The van der Waals surface area contributed by atoms with E-state index in [1.54, 1.807) is 0 Å². The van der Waals surface area contributed by atoms with Crippen LogP contribution in [0, 0.1) is 0 Å². The van der Waals surface area contributed by atoms with E-state index >= 15 is 0 Å². The van der Waals surface area contributed by atoms with E-state index in [0.717, 1.165) is 75.1 Å². The number of hydrogen-bond donors (Lipinski definition) is 1. The van der Waals surface area contributed by atoms with Gasteiger partial charge >= 0.3 is 0 Å². The molecule has 32 heavy (non-hydrogen) atoms. The number of nitrogens with zero attached hydrogens (tertiary/aromatic N) is 5. The van der Waals surface area contributed by atoms with E-state index in [9.17, 15) is 0 Å². The van der Waals surface area contributed by atoms with Gasteiger partial charge in [-0.25, -0.2) is 0 Å². The fourth-order valence-corrected chi connectivity index (χ4v) is 4.07. The van der Waals surface area contributed by atoms with Crippen molar-refractivity contribution in [1.29, 1.82) is 0 Å². The van der Waals surface area contributed by atoms with Crippen LogP contribution in [0.4, 0.5) is 11.4 Å². The van der Waals surface area contributed by atoms with E-state index in [-0.39, 0.29) is 0 Å². The molecule has 0 fully saturated rings. The topological polar surface area (TPSA) is 25.3 Å². The fourth-order valence-electron chi connectivity index (χ4n) is 3.81. The molecule has 2 rings (SSSR count). The zero-order valence-corrected chi connectivity index (χ0v) is 21.9. The molecule has 0 amide bonds. The first kappa shape index (κ1) is 26.5. The number of benzene rings is 1. The lowest BCUT2D eigenvalue weighted by Crippen LogP contribution is -2.33. The molecule has 0 saturated heterocycles. The lowest BCUT2D eigenvalue weighted by Gasteiger charge is -2.26. The van der Waals surface area contributed by atoms with Gasteiger partial charge in [0.25, 0.3) is 0 Å². The van der Waals surface area contributed by atoms with E-state index in [2.05, 4.69) is 97.8 Å². The second-order valence-corrected chi connectivity index (χ2v) is 8.82. The molecule has 5 nitrogen and oxygen atoms in total. The minimum Gasteiger partial charge on any atom is -0.374 e. The number of thiol groups is 1. The van der Waals surface area contributed by atoms with Crippen molar-refractivity contribution in [3.63, 3.8) is 0 Å². The molecular weight excluding hydrogens is 414 g/mol. The Morgan fingerprint density at radius 1 is 0.812 bits per heavy atom. The van der Waals surface area contributed by atoms with Crippen LogP contribution in [-0.2, 0) is 0 Å². The summed E-state index contributed by atoms with van der Waals surface area (Å²) in [6.45, 7) is 17.5. The number of allylic oxidation sites excluding steroid dienone is 3. The molecule has 1 aromatic rings. The molecule has 0 heterocycles. The summed E-state index contributed by atoms with van der Waals surface area (Å²) in [7, 11) is 4.31. The van der Waals surface area contributed by atoms with Crippen LogP contribution >= 0.6 is 12.6 Å². The summed E-state index contributed by atoms with van der Waals surface area (Å²) in [6.07, 6.45) is 7.44. The van der Waals surface area contributed by atoms with E-state index in [1.807, 2.05) is 0 Å². The summed E-state index contributed by atoms with van der Waals surface area (Å²) >= 11 is 4.73. The molecule has 0 saturated carbocycles. The predicted molar refractivity (Wildman–Crippen MR) is 144 cm³/mol. The Labute approximate surface area is 201 Å². The lowest BCUT2D eigenvalue weighted by molar-refractivity contribution is 0.267. The molecule has 1 aromatic carbocycles. The molecule has 1 aliphatic carbocycles. The van der Waals surface area contributed by atoms with Crippen molar-refractivity contribution in [2.75, 3.05) is 71.4 Å². The van der Waals surface area contributed by atoms with Gasteiger partial charge in [-0.1, -0.05) is 33.8 Å². The number of rotatable bonds is 13. The van der Waals surface area contributed by atoms with E-state index in [0.29, 0.717) is 0 Å². The molecule has 0 aromatic heterocycles. The molecule has 0 unspecified atom stereocenters. The van der Waals surface area contributed by atoms with Gasteiger partial charge < -0.3 is 19.6 Å². The average molecular weight is 458 g/mol. The highest BCUT2D eigenvalue weighted by atomic mass is 32.1. The van der Waals surface area contributed by atoms with Gasteiger partial charge in [0.15, 0.2) is 0 Å². The Balaban J connectivity index is 1.95. The summed E-state index contributed by atoms with van der Waals surface area (Å²) in [5, 5.41) is 0. The number of anilines is 1. The second-order valence-electron chi connectivity index (χ2n) is 8.34. The minimum absolute atomic E-state index is 0.847. The van der Waals surface area contributed by atoms with Gasteiger partial charge in [-0.2, -0.15) is 0 Å². The maximum absolute atomic E-state index is 4.87. The van der Waals surface area contributed by atoms with E-state index in [1.165, 1.54) is 11.4 Å². The molecule has 0 radical (unpaired) electrons. The van der Waals surface area contributed by atoms with Crippen molar-refractivity contribution in [3.05, 3.63) is 42.1 Å². The molecule has 6 heteroatoms. The Morgan fingerprint density at radius 2 is 1.41 bits per heavy atom. The van der Waals surface area contributed by atoms with Crippen molar-refractivity contribution in [1.82, 2.24) is 14.7 Å². The van der Waals surface area contributed by atoms with Crippen molar-refractivity contribution >= 4 is 29.7 Å². The maximum Gasteiger partial charge on any atom is 0.0767 e. The van der Waals surface area contributed by atoms with Crippen LogP contribution in [0.25, 0.3) is 0 Å². The normalized spacial score (nSPS) is 15.0. The third kappa shape index (κ3) is 7.98. The fraction of sp³-hybridized carbons (Fsp3) is 0.577. The van der Waals surface area contributed by atoms with Crippen LogP contribution in [0.15, 0.2) is 52.0 Å². The maximum atomic E-state index is 4.87. The highest BCUT2D eigenvalue weighted by molar-refractivity contribution is 7.80. The third-order valence-corrected chi connectivity index (χ3v) is 6.72.